The van der Waals surface area contributed by atoms with Gasteiger partial charge in [-0.15, -0.1) is 0 Å². The Morgan fingerprint density at radius 2 is 1.48 bits per heavy atom. The van der Waals surface area contributed by atoms with Crippen LogP contribution < -0.4 is 14.8 Å². The smallest absolute Gasteiger partial charge is 0.264 e. The number of carbonyl (C=O) groups excluding carboxylic acids is 1. The first-order valence-corrected chi connectivity index (χ1v) is 13.9. The summed E-state index contributed by atoms with van der Waals surface area (Å²) in [5, 5.41) is 3.62. The van der Waals surface area contributed by atoms with Crippen LogP contribution in [0.3, 0.4) is 0 Å². The van der Waals surface area contributed by atoms with Crippen LogP contribution in [0.2, 0.25) is 0 Å². The molecule has 0 unspecified atom stereocenters. The standard InChI is InChI=1S/C30H27N5O4S/c1-18-17-19(2)32-30(31-18)35-40(37,38)24-15-11-22(12-16-24)33-29(36)27-20(3)28(21-9-13-23(39-4)14-10-21)34-26-8-6-5-7-25(26)27/h5-17H,1-4H3,(H,33,36)(H,31,32,35). The van der Waals surface area contributed by atoms with E-state index >= 15 is 0 Å². The van der Waals surface area contributed by atoms with Gasteiger partial charge in [-0.1, -0.05) is 18.2 Å². The fourth-order valence-electron chi connectivity index (χ4n) is 4.49. The third kappa shape index (κ3) is 5.48. The molecular formula is C30H27N5O4S. The van der Waals surface area contributed by atoms with Gasteiger partial charge in [0.25, 0.3) is 15.9 Å². The first-order chi connectivity index (χ1) is 19.1. The fraction of sp³-hybridized carbons (Fsp3) is 0.133. The van der Waals surface area contributed by atoms with E-state index in [1.165, 1.54) is 24.3 Å². The molecule has 0 atom stereocenters. The molecular weight excluding hydrogens is 526 g/mol. The van der Waals surface area contributed by atoms with Crippen molar-refractivity contribution in [2.45, 2.75) is 25.7 Å². The van der Waals surface area contributed by atoms with Gasteiger partial charge < -0.3 is 10.1 Å². The molecule has 0 aliphatic carbocycles. The summed E-state index contributed by atoms with van der Waals surface area (Å²) in [5.74, 6) is 0.396. The van der Waals surface area contributed by atoms with Crippen LogP contribution in [-0.2, 0) is 10.0 Å². The highest BCUT2D eigenvalue weighted by Crippen LogP contribution is 2.31. The number of hydrogen-bond acceptors (Lipinski definition) is 7. The van der Waals surface area contributed by atoms with Gasteiger partial charge in [-0.25, -0.2) is 28.1 Å². The second-order valence-electron chi connectivity index (χ2n) is 9.26. The van der Waals surface area contributed by atoms with Gasteiger partial charge in [0.1, 0.15) is 5.75 Å². The molecule has 1 amide bonds. The predicted molar refractivity (Wildman–Crippen MR) is 155 cm³/mol. The Hall–Kier alpha value is -4.83. The van der Waals surface area contributed by atoms with Crippen LogP contribution in [0.25, 0.3) is 22.2 Å². The molecule has 10 heteroatoms. The van der Waals surface area contributed by atoms with Gasteiger partial charge in [0.05, 0.1) is 28.8 Å². The Morgan fingerprint density at radius 3 is 2.12 bits per heavy atom. The lowest BCUT2D eigenvalue weighted by Crippen LogP contribution is -2.17. The molecule has 0 bridgehead atoms. The van der Waals surface area contributed by atoms with E-state index in [4.69, 9.17) is 9.72 Å². The minimum Gasteiger partial charge on any atom is -0.497 e. The molecule has 2 heterocycles. The summed E-state index contributed by atoms with van der Waals surface area (Å²) in [6, 6.07) is 22.6. The first-order valence-electron chi connectivity index (χ1n) is 12.4. The van der Waals surface area contributed by atoms with Crippen LogP contribution in [0.5, 0.6) is 5.75 Å². The number of aryl methyl sites for hydroxylation is 2. The van der Waals surface area contributed by atoms with E-state index < -0.39 is 10.0 Å². The number of nitrogens with zero attached hydrogens (tertiary/aromatic N) is 3. The van der Waals surface area contributed by atoms with Crippen molar-refractivity contribution in [3.8, 4) is 17.0 Å². The van der Waals surface area contributed by atoms with Crippen molar-refractivity contribution in [1.82, 2.24) is 15.0 Å². The van der Waals surface area contributed by atoms with Crippen molar-refractivity contribution in [2.75, 3.05) is 17.1 Å². The zero-order chi connectivity index (χ0) is 28.4. The molecule has 0 aliphatic rings. The lowest BCUT2D eigenvalue weighted by Gasteiger charge is -2.15. The third-order valence-electron chi connectivity index (χ3n) is 6.36. The number of methoxy groups -OCH3 is 1. The number of fused-ring (bicyclic) bond motifs is 1. The van der Waals surface area contributed by atoms with E-state index in [9.17, 15) is 13.2 Å². The van der Waals surface area contributed by atoms with Crippen molar-refractivity contribution in [3.63, 3.8) is 0 Å². The van der Waals surface area contributed by atoms with Crippen LogP contribution in [0.4, 0.5) is 11.6 Å². The quantitative estimate of drug-likeness (QED) is 0.266. The zero-order valence-corrected chi connectivity index (χ0v) is 23.2. The van der Waals surface area contributed by atoms with Crippen LogP contribution in [0.1, 0.15) is 27.3 Å². The highest BCUT2D eigenvalue weighted by Gasteiger charge is 2.20. The molecule has 9 nitrogen and oxygen atoms in total. The molecule has 0 saturated carbocycles. The number of amides is 1. The Morgan fingerprint density at radius 1 is 0.825 bits per heavy atom. The van der Waals surface area contributed by atoms with Crippen LogP contribution in [-0.4, -0.2) is 36.4 Å². The van der Waals surface area contributed by atoms with Gasteiger partial charge in [0.15, 0.2) is 0 Å². The lowest BCUT2D eigenvalue weighted by molar-refractivity contribution is 0.102. The van der Waals surface area contributed by atoms with Crippen molar-refractivity contribution >= 4 is 38.5 Å². The van der Waals surface area contributed by atoms with E-state index in [2.05, 4.69) is 20.0 Å². The number of benzene rings is 3. The third-order valence-corrected chi connectivity index (χ3v) is 7.70. The minimum atomic E-state index is -3.93. The number of aromatic nitrogens is 3. The number of ether oxygens (including phenoxy) is 1. The number of pyridine rings is 1. The number of rotatable bonds is 7. The Kier molecular flexibility index (Phi) is 7.19. The highest BCUT2D eigenvalue weighted by atomic mass is 32.2. The molecule has 0 aliphatic heterocycles. The zero-order valence-electron chi connectivity index (χ0n) is 22.4. The second kappa shape index (κ2) is 10.7. The van der Waals surface area contributed by atoms with Gasteiger partial charge in [-0.3, -0.25) is 4.79 Å². The van der Waals surface area contributed by atoms with Gasteiger partial charge in [0.2, 0.25) is 5.95 Å². The summed E-state index contributed by atoms with van der Waals surface area (Å²) in [6.07, 6.45) is 0. The van der Waals surface area contributed by atoms with Gasteiger partial charge in [-0.2, -0.15) is 0 Å². The molecule has 202 valence electrons. The first kappa shape index (κ1) is 26.8. The number of carbonyl (C=O) groups is 1. The fourth-order valence-corrected chi connectivity index (χ4v) is 5.44. The maximum absolute atomic E-state index is 13.6. The van der Waals surface area contributed by atoms with Crippen molar-refractivity contribution < 1.29 is 17.9 Å². The Bertz CT molecular complexity index is 1820. The Balaban J connectivity index is 1.44. The molecule has 2 aromatic heterocycles. The van der Waals surface area contributed by atoms with E-state index in [0.717, 1.165) is 16.9 Å². The predicted octanol–water partition coefficient (Wildman–Crippen LogP) is 5.68. The number of anilines is 2. The van der Waals surface area contributed by atoms with E-state index in [1.54, 1.807) is 27.0 Å². The molecule has 3 aromatic carbocycles. The van der Waals surface area contributed by atoms with E-state index in [1.807, 2.05) is 55.5 Å². The number of nitrogens with one attached hydrogen (secondary N) is 2. The number of sulfonamides is 1. The van der Waals surface area contributed by atoms with Gasteiger partial charge >= 0.3 is 0 Å². The molecule has 40 heavy (non-hydrogen) atoms. The monoisotopic (exact) mass is 553 g/mol. The molecule has 2 N–H and O–H groups in total. The molecule has 0 spiro atoms. The number of hydrogen-bond donors (Lipinski definition) is 2. The normalized spacial score (nSPS) is 11.3. The maximum atomic E-state index is 13.6. The highest BCUT2D eigenvalue weighted by molar-refractivity contribution is 7.92. The minimum absolute atomic E-state index is 0.00239. The lowest BCUT2D eigenvalue weighted by atomic mass is 9.97. The van der Waals surface area contributed by atoms with Gasteiger partial charge in [0, 0.05) is 28.0 Å². The second-order valence-corrected chi connectivity index (χ2v) is 10.9. The molecule has 5 rings (SSSR count). The molecule has 0 radical (unpaired) electrons. The summed E-state index contributed by atoms with van der Waals surface area (Å²) in [7, 11) is -2.32. The van der Waals surface area contributed by atoms with Gasteiger partial charge in [-0.05, 0) is 87.0 Å². The van der Waals surface area contributed by atoms with Crippen molar-refractivity contribution in [1.29, 1.82) is 0 Å². The average Bonchev–Trinajstić information content (AvgIpc) is 2.92. The average molecular weight is 554 g/mol. The Labute approximate surface area is 232 Å². The maximum Gasteiger partial charge on any atom is 0.264 e. The van der Waals surface area contributed by atoms with Crippen LogP contribution >= 0.6 is 0 Å². The molecule has 0 saturated heterocycles. The van der Waals surface area contributed by atoms with E-state index in [0.29, 0.717) is 39.2 Å². The van der Waals surface area contributed by atoms with Crippen LogP contribution in [0, 0.1) is 20.8 Å². The largest absolute Gasteiger partial charge is 0.497 e. The summed E-state index contributed by atoms with van der Waals surface area (Å²) < 4.78 is 33.5. The topological polar surface area (TPSA) is 123 Å². The summed E-state index contributed by atoms with van der Waals surface area (Å²) >= 11 is 0. The molecule has 5 aromatic rings. The van der Waals surface area contributed by atoms with Crippen LogP contribution in [0.15, 0.2) is 83.8 Å². The summed E-state index contributed by atoms with van der Waals surface area (Å²) in [6.45, 7) is 5.39. The molecule has 0 fully saturated rings. The SMILES string of the molecule is COc1ccc(-c2nc3ccccc3c(C(=O)Nc3ccc(S(=O)(=O)Nc4nc(C)cc(C)n4)cc3)c2C)cc1. The summed E-state index contributed by atoms with van der Waals surface area (Å²) in [5.41, 5.74) is 5.18. The van der Waals surface area contributed by atoms with Crippen molar-refractivity contribution in [3.05, 3.63) is 101 Å². The van der Waals surface area contributed by atoms with Crippen molar-refractivity contribution in [2.24, 2.45) is 0 Å². The summed E-state index contributed by atoms with van der Waals surface area (Å²) in [4.78, 5) is 26.7. The van der Waals surface area contributed by atoms with E-state index in [-0.39, 0.29) is 16.8 Å². The number of para-hydroxylation sites is 1.